The molecule has 0 saturated carbocycles. The smallest absolute Gasteiger partial charge is 0.236 e. The minimum atomic E-state index is -3.54. The van der Waals surface area contributed by atoms with Gasteiger partial charge in [0.25, 0.3) is 0 Å². The molecular formula is C20H20ClFN2O3S2. The Bertz CT molecular complexity index is 992. The molecule has 2 aromatic rings. The van der Waals surface area contributed by atoms with Gasteiger partial charge in [-0.3, -0.25) is 4.79 Å². The van der Waals surface area contributed by atoms with Crippen LogP contribution in [0.25, 0.3) is 6.08 Å². The topological polar surface area (TPSA) is 57.7 Å². The van der Waals surface area contributed by atoms with E-state index in [0.29, 0.717) is 18.0 Å². The molecule has 1 aliphatic rings. The van der Waals surface area contributed by atoms with Crippen LogP contribution in [0.5, 0.6) is 0 Å². The molecular weight excluding hydrogens is 435 g/mol. The van der Waals surface area contributed by atoms with E-state index >= 15 is 0 Å². The van der Waals surface area contributed by atoms with Gasteiger partial charge in [0, 0.05) is 36.5 Å². The van der Waals surface area contributed by atoms with Crippen molar-refractivity contribution in [1.29, 1.82) is 0 Å². The maximum Gasteiger partial charge on any atom is 0.236 e. The van der Waals surface area contributed by atoms with E-state index in [1.54, 1.807) is 17.0 Å². The Morgan fingerprint density at radius 1 is 1.10 bits per heavy atom. The molecule has 0 aliphatic carbocycles. The van der Waals surface area contributed by atoms with Crippen LogP contribution in [-0.4, -0.2) is 55.5 Å². The lowest BCUT2D eigenvalue weighted by atomic mass is 10.2. The van der Waals surface area contributed by atoms with Gasteiger partial charge in [-0.15, -0.1) is 11.8 Å². The molecule has 0 unspecified atom stereocenters. The summed E-state index contributed by atoms with van der Waals surface area (Å²) in [7, 11) is -3.54. The number of benzene rings is 2. The van der Waals surface area contributed by atoms with Crippen molar-refractivity contribution in [2.24, 2.45) is 0 Å². The second-order valence-corrected chi connectivity index (χ2v) is 9.68. The Labute approximate surface area is 179 Å². The molecule has 3 rings (SSSR count). The van der Waals surface area contributed by atoms with Crippen LogP contribution in [0.4, 0.5) is 4.39 Å². The summed E-state index contributed by atoms with van der Waals surface area (Å²) in [6, 6.07) is 13.5. The molecule has 0 radical (unpaired) electrons. The third kappa shape index (κ3) is 6.05. The molecule has 1 heterocycles. The van der Waals surface area contributed by atoms with E-state index in [1.165, 1.54) is 33.6 Å². The number of rotatable bonds is 6. The quantitative estimate of drug-likeness (QED) is 0.624. The zero-order chi connectivity index (χ0) is 20.9. The van der Waals surface area contributed by atoms with Gasteiger partial charge in [0.15, 0.2) is 0 Å². The highest BCUT2D eigenvalue weighted by atomic mass is 35.5. The minimum absolute atomic E-state index is 0.0184. The predicted octanol–water partition coefficient (Wildman–Crippen LogP) is 3.72. The molecule has 1 aliphatic heterocycles. The van der Waals surface area contributed by atoms with Crippen molar-refractivity contribution in [2.75, 3.05) is 31.9 Å². The summed E-state index contributed by atoms with van der Waals surface area (Å²) in [6.07, 6.45) is 1.57. The molecule has 0 spiro atoms. The molecule has 5 nitrogen and oxygen atoms in total. The average molecular weight is 455 g/mol. The largest absolute Gasteiger partial charge is 0.339 e. The molecule has 29 heavy (non-hydrogen) atoms. The van der Waals surface area contributed by atoms with Crippen LogP contribution in [0, 0.1) is 5.82 Å². The molecule has 1 amide bonds. The number of carbonyl (C=O) groups is 1. The Morgan fingerprint density at radius 3 is 2.45 bits per heavy atom. The van der Waals surface area contributed by atoms with Crippen molar-refractivity contribution in [1.82, 2.24) is 9.21 Å². The molecule has 9 heteroatoms. The number of piperazine rings is 1. The van der Waals surface area contributed by atoms with Crippen molar-refractivity contribution < 1.29 is 17.6 Å². The molecule has 0 aromatic heterocycles. The van der Waals surface area contributed by atoms with Gasteiger partial charge in [-0.25, -0.2) is 12.8 Å². The van der Waals surface area contributed by atoms with Gasteiger partial charge in [0.05, 0.1) is 10.8 Å². The fraction of sp³-hybridized carbons (Fsp3) is 0.250. The van der Waals surface area contributed by atoms with Gasteiger partial charge in [-0.2, -0.15) is 4.31 Å². The van der Waals surface area contributed by atoms with Crippen molar-refractivity contribution in [3.63, 3.8) is 0 Å². The highest BCUT2D eigenvalue weighted by molar-refractivity contribution is 8.00. The highest BCUT2D eigenvalue weighted by Crippen LogP contribution is 2.24. The summed E-state index contributed by atoms with van der Waals surface area (Å²) in [5.41, 5.74) is 0.808. The summed E-state index contributed by atoms with van der Waals surface area (Å²) in [5, 5.41) is 1.22. The molecule has 0 bridgehead atoms. The molecule has 0 N–H and O–H groups in total. The van der Waals surface area contributed by atoms with Crippen LogP contribution >= 0.6 is 23.4 Å². The first kappa shape index (κ1) is 21.8. The summed E-state index contributed by atoms with van der Waals surface area (Å²) in [5.74, 6) is -0.406. The fourth-order valence-corrected chi connectivity index (χ4v) is 5.07. The van der Waals surface area contributed by atoms with Crippen LogP contribution < -0.4 is 0 Å². The number of amides is 1. The maximum atomic E-state index is 13.2. The predicted molar refractivity (Wildman–Crippen MR) is 115 cm³/mol. The van der Waals surface area contributed by atoms with E-state index < -0.39 is 15.8 Å². The average Bonchev–Trinajstić information content (AvgIpc) is 2.74. The molecule has 1 fully saturated rings. The lowest BCUT2D eigenvalue weighted by Gasteiger charge is -2.33. The van der Waals surface area contributed by atoms with E-state index in [-0.39, 0.29) is 29.8 Å². The Kier molecular flexibility index (Phi) is 7.34. The van der Waals surface area contributed by atoms with Crippen molar-refractivity contribution in [2.45, 2.75) is 4.90 Å². The fourth-order valence-electron chi connectivity index (χ4n) is 2.81. The van der Waals surface area contributed by atoms with Crippen molar-refractivity contribution >= 4 is 45.4 Å². The minimum Gasteiger partial charge on any atom is -0.339 e. The summed E-state index contributed by atoms with van der Waals surface area (Å²) in [4.78, 5) is 14.8. The van der Waals surface area contributed by atoms with Crippen molar-refractivity contribution in [3.05, 3.63) is 70.3 Å². The zero-order valence-corrected chi connectivity index (χ0v) is 17.9. The number of nitrogens with zero attached hydrogens (tertiary/aromatic N) is 2. The van der Waals surface area contributed by atoms with Gasteiger partial charge in [0.1, 0.15) is 5.82 Å². The molecule has 2 aromatic carbocycles. The summed E-state index contributed by atoms with van der Waals surface area (Å²) >= 11 is 7.02. The van der Waals surface area contributed by atoms with Gasteiger partial charge in [-0.05, 0) is 29.8 Å². The van der Waals surface area contributed by atoms with Crippen LogP contribution in [-0.2, 0) is 14.8 Å². The second kappa shape index (κ2) is 9.75. The third-order valence-electron chi connectivity index (χ3n) is 4.44. The van der Waals surface area contributed by atoms with Crippen LogP contribution in [0.3, 0.4) is 0 Å². The third-order valence-corrected chi connectivity index (χ3v) is 7.27. The van der Waals surface area contributed by atoms with Crippen LogP contribution in [0.15, 0.2) is 58.8 Å². The number of halogens is 2. The lowest BCUT2D eigenvalue weighted by molar-refractivity contribution is -0.129. The van der Waals surface area contributed by atoms with E-state index in [1.807, 2.05) is 30.3 Å². The SMILES string of the molecule is O=C(CSc1ccc(F)c(Cl)c1)N1CCN(S(=O)(=O)/C=C/c2ccccc2)CC1. The van der Waals surface area contributed by atoms with E-state index in [9.17, 15) is 17.6 Å². The summed E-state index contributed by atoms with van der Waals surface area (Å²) < 4.78 is 39.6. The number of sulfonamides is 1. The van der Waals surface area contributed by atoms with Crippen LogP contribution in [0.1, 0.15) is 5.56 Å². The highest BCUT2D eigenvalue weighted by Gasteiger charge is 2.27. The van der Waals surface area contributed by atoms with Crippen molar-refractivity contribution in [3.8, 4) is 0 Å². The van der Waals surface area contributed by atoms with Gasteiger partial charge in [0.2, 0.25) is 15.9 Å². The first-order valence-corrected chi connectivity index (χ1v) is 11.8. The monoisotopic (exact) mass is 454 g/mol. The molecule has 0 atom stereocenters. The number of thioether (sulfide) groups is 1. The van der Waals surface area contributed by atoms with E-state index in [2.05, 4.69) is 0 Å². The summed E-state index contributed by atoms with van der Waals surface area (Å²) in [6.45, 7) is 1.17. The Balaban J connectivity index is 1.50. The first-order valence-electron chi connectivity index (χ1n) is 8.94. The van der Waals surface area contributed by atoms with E-state index in [0.717, 1.165) is 5.56 Å². The number of hydrogen-bond donors (Lipinski definition) is 0. The first-order chi connectivity index (χ1) is 13.8. The van der Waals surface area contributed by atoms with Gasteiger partial charge >= 0.3 is 0 Å². The van der Waals surface area contributed by atoms with E-state index in [4.69, 9.17) is 11.6 Å². The maximum absolute atomic E-state index is 13.2. The standard InChI is InChI=1S/C20H20ClFN2O3S2/c21-18-14-17(6-7-19(18)22)28-15-20(25)23-9-11-24(12-10-23)29(26,27)13-8-16-4-2-1-3-5-16/h1-8,13-14H,9-12,15H2/b13-8+. The Morgan fingerprint density at radius 2 is 1.79 bits per heavy atom. The molecule has 154 valence electrons. The number of carbonyl (C=O) groups excluding carboxylic acids is 1. The Hall–Kier alpha value is -1.87. The second-order valence-electron chi connectivity index (χ2n) is 6.40. The normalized spacial score (nSPS) is 15.7. The zero-order valence-electron chi connectivity index (χ0n) is 15.5. The van der Waals surface area contributed by atoms with Crippen LogP contribution in [0.2, 0.25) is 5.02 Å². The lowest BCUT2D eigenvalue weighted by Crippen LogP contribution is -2.50. The number of hydrogen-bond acceptors (Lipinski definition) is 4. The van der Waals surface area contributed by atoms with Gasteiger partial charge < -0.3 is 4.90 Å². The molecule has 1 saturated heterocycles. The van der Waals surface area contributed by atoms with Gasteiger partial charge in [-0.1, -0.05) is 41.9 Å².